The van der Waals surface area contributed by atoms with E-state index in [1.807, 2.05) is 12.1 Å². The van der Waals surface area contributed by atoms with Crippen molar-refractivity contribution in [3.05, 3.63) is 59.7 Å². The van der Waals surface area contributed by atoms with E-state index in [1.54, 1.807) is 50.2 Å². The van der Waals surface area contributed by atoms with Crippen molar-refractivity contribution >= 4 is 42.2 Å². The van der Waals surface area contributed by atoms with Crippen LogP contribution in [-0.2, 0) is 9.53 Å². The molecule has 1 fully saturated rings. The number of esters is 1. The van der Waals surface area contributed by atoms with Crippen molar-refractivity contribution in [2.75, 3.05) is 6.54 Å². The van der Waals surface area contributed by atoms with E-state index in [0.717, 1.165) is 23.3 Å². The average Bonchev–Trinajstić information content (AvgIpc) is 2.98. The highest BCUT2D eigenvalue weighted by atomic mass is 32.1. The van der Waals surface area contributed by atoms with Gasteiger partial charge < -0.3 is 20.9 Å². The number of benzene rings is 2. The van der Waals surface area contributed by atoms with Gasteiger partial charge in [0.05, 0.1) is 11.3 Å². The number of guanidine groups is 1. The van der Waals surface area contributed by atoms with Crippen LogP contribution in [-0.4, -0.2) is 41.0 Å². The summed E-state index contributed by atoms with van der Waals surface area (Å²) in [5, 5.41) is -0.0366. The molecule has 9 nitrogen and oxygen atoms in total. The quantitative estimate of drug-likeness (QED) is 0.123. The zero-order valence-electron chi connectivity index (χ0n) is 19.1. The van der Waals surface area contributed by atoms with Crippen molar-refractivity contribution in [2.24, 2.45) is 16.5 Å². The van der Waals surface area contributed by atoms with Crippen LogP contribution in [0.4, 0.5) is 10.5 Å². The van der Waals surface area contributed by atoms with Crippen molar-refractivity contribution in [1.29, 1.82) is 0 Å². The van der Waals surface area contributed by atoms with Gasteiger partial charge in [0, 0.05) is 11.8 Å². The lowest BCUT2D eigenvalue weighted by atomic mass is 10.1. The molecule has 10 heteroatoms. The summed E-state index contributed by atoms with van der Waals surface area (Å²) in [4.78, 5) is 41.4. The van der Waals surface area contributed by atoms with Gasteiger partial charge in [0.1, 0.15) is 5.75 Å². The zero-order valence-corrected chi connectivity index (χ0v) is 20.0. The van der Waals surface area contributed by atoms with E-state index in [1.165, 1.54) is 0 Å². The molecule has 1 saturated heterocycles. The lowest BCUT2D eigenvalue weighted by molar-refractivity contribution is -0.134. The summed E-state index contributed by atoms with van der Waals surface area (Å²) in [7, 11) is 0. The van der Waals surface area contributed by atoms with Crippen LogP contribution < -0.4 is 16.2 Å². The molecule has 2 aromatic rings. The summed E-state index contributed by atoms with van der Waals surface area (Å²) in [6.07, 6.45) is 1.60. The minimum absolute atomic E-state index is 0.0366. The third-order valence-corrected chi connectivity index (χ3v) is 5.83. The molecule has 0 saturated carbocycles. The number of imide groups is 1. The van der Waals surface area contributed by atoms with Crippen LogP contribution in [0.2, 0.25) is 0 Å². The van der Waals surface area contributed by atoms with Gasteiger partial charge in [-0.05, 0) is 68.7 Å². The van der Waals surface area contributed by atoms with E-state index in [0.29, 0.717) is 30.0 Å². The van der Waals surface area contributed by atoms with E-state index < -0.39 is 17.7 Å². The third-order valence-electron chi connectivity index (χ3n) is 5.27. The molecule has 0 aromatic heterocycles. The third kappa shape index (κ3) is 6.28. The van der Waals surface area contributed by atoms with Crippen LogP contribution in [0.1, 0.15) is 54.3 Å². The zero-order chi connectivity index (χ0) is 24.9. The van der Waals surface area contributed by atoms with Crippen LogP contribution in [0, 0.1) is 0 Å². The minimum atomic E-state index is -1.09. The lowest BCUT2D eigenvalue weighted by Crippen LogP contribution is -2.36. The molecule has 1 aliphatic rings. The Morgan fingerprint density at radius 1 is 1.09 bits per heavy atom. The topological polar surface area (TPSA) is 137 Å². The Kier molecular flexibility index (Phi) is 7.83. The van der Waals surface area contributed by atoms with Gasteiger partial charge in [-0.1, -0.05) is 18.6 Å². The number of ether oxygens (including phenoxy) is 2. The Labute approximate surface area is 203 Å². The molecule has 2 amide bonds. The largest absolute Gasteiger partial charge is 0.433 e. The number of nitrogens with two attached hydrogens (primary N) is 2. The van der Waals surface area contributed by atoms with E-state index in [4.69, 9.17) is 20.9 Å². The van der Waals surface area contributed by atoms with Gasteiger partial charge in [-0.2, -0.15) is 12.6 Å². The van der Waals surface area contributed by atoms with Crippen LogP contribution in [0.3, 0.4) is 0 Å². The van der Waals surface area contributed by atoms with Gasteiger partial charge in [-0.3, -0.25) is 4.79 Å². The van der Waals surface area contributed by atoms with E-state index in [2.05, 4.69) is 17.6 Å². The van der Waals surface area contributed by atoms with Crippen LogP contribution in [0.5, 0.6) is 5.75 Å². The molecule has 1 atom stereocenters. The normalized spacial score (nSPS) is 15.6. The number of carbonyl (C=O) groups is 3. The second kappa shape index (κ2) is 10.6. The Morgan fingerprint density at radius 2 is 1.74 bits per heavy atom. The Bertz CT molecular complexity index is 1080. The maximum atomic E-state index is 12.4. The summed E-state index contributed by atoms with van der Waals surface area (Å²) in [6, 6.07) is 13.5. The number of thiol groups is 1. The summed E-state index contributed by atoms with van der Waals surface area (Å²) >= 11 is 4.65. The first-order valence-electron chi connectivity index (χ1n) is 10.8. The number of nitrogens with zero attached hydrogens (tertiary/aromatic N) is 2. The SMILES string of the molecule is CC1(C)OC(=O)N(CCCCC(S)c2ccc(OC(=O)c3ccc(N=C(N)N)cc3)cc2)C1=O. The summed E-state index contributed by atoms with van der Waals surface area (Å²) in [6.45, 7) is 3.49. The highest BCUT2D eigenvalue weighted by molar-refractivity contribution is 7.80. The first-order chi connectivity index (χ1) is 16.1. The molecule has 1 aliphatic heterocycles. The molecule has 1 unspecified atom stereocenters. The lowest BCUT2D eigenvalue weighted by Gasteiger charge is -2.15. The molecular formula is C24H28N4O5S. The molecule has 0 aliphatic carbocycles. The number of cyclic esters (lactones) is 1. The molecule has 2 aromatic carbocycles. The standard InChI is InChI=1S/C24H28N4O5S/c1-24(2)21(30)28(23(31)33-24)14-4-3-5-19(34)15-8-12-18(13-9-15)32-20(29)16-6-10-17(11-7-16)27-22(25)26/h6-13,19,34H,3-5,14H2,1-2H3,(H4,25,26,27). The number of carbonyl (C=O) groups excluding carboxylic acids is 3. The fraction of sp³-hybridized carbons (Fsp3) is 0.333. The molecule has 4 N–H and O–H groups in total. The molecule has 34 heavy (non-hydrogen) atoms. The highest BCUT2D eigenvalue weighted by Gasteiger charge is 2.46. The van der Waals surface area contributed by atoms with Crippen LogP contribution in [0.25, 0.3) is 0 Å². The first-order valence-corrected chi connectivity index (χ1v) is 11.3. The second-order valence-electron chi connectivity index (χ2n) is 8.39. The molecule has 1 heterocycles. The van der Waals surface area contributed by atoms with Crippen molar-refractivity contribution in [3.8, 4) is 5.75 Å². The minimum Gasteiger partial charge on any atom is -0.433 e. The average molecular weight is 485 g/mol. The fourth-order valence-corrected chi connectivity index (χ4v) is 3.79. The summed E-state index contributed by atoms with van der Waals surface area (Å²) < 4.78 is 10.5. The van der Waals surface area contributed by atoms with E-state index in [9.17, 15) is 14.4 Å². The maximum absolute atomic E-state index is 12.4. The van der Waals surface area contributed by atoms with E-state index in [-0.39, 0.29) is 17.1 Å². The Balaban J connectivity index is 1.46. The van der Waals surface area contributed by atoms with Gasteiger partial charge in [-0.25, -0.2) is 19.5 Å². The molecular weight excluding hydrogens is 456 g/mol. The Hall–Kier alpha value is -3.53. The van der Waals surface area contributed by atoms with Crippen molar-refractivity contribution in [3.63, 3.8) is 0 Å². The van der Waals surface area contributed by atoms with E-state index >= 15 is 0 Å². The molecule has 3 rings (SSSR count). The van der Waals surface area contributed by atoms with Crippen molar-refractivity contribution in [1.82, 2.24) is 4.90 Å². The molecule has 0 bridgehead atoms. The Morgan fingerprint density at radius 3 is 2.29 bits per heavy atom. The van der Waals surface area contributed by atoms with Crippen LogP contribution in [0.15, 0.2) is 53.5 Å². The van der Waals surface area contributed by atoms with Gasteiger partial charge in [0.25, 0.3) is 5.91 Å². The predicted molar refractivity (Wildman–Crippen MR) is 131 cm³/mol. The maximum Gasteiger partial charge on any atom is 0.417 e. The number of hydrogen-bond donors (Lipinski definition) is 3. The number of rotatable bonds is 9. The second-order valence-corrected chi connectivity index (χ2v) is 9.01. The fourth-order valence-electron chi connectivity index (χ4n) is 3.44. The number of hydrogen-bond acceptors (Lipinski definition) is 7. The number of unbranched alkanes of at least 4 members (excludes halogenated alkanes) is 1. The first kappa shape index (κ1) is 25.1. The molecule has 180 valence electrons. The molecule has 0 radical (unpaired) electrons. The van der Waals surface area contributed by atoms with Gasteiger partial charge in [0.15, 0.2) is 11.6 Å². The summed E-state index contributed by atoms with van der Waals surface area (Å²) in [5.41, 5.74) is 11.5. The van der Waals surface area contributed by atoms with Gasteiger partial charge in [-0.15, -0.1) is 0 Å². The van der Waals surface area contributed by atoms with Crippen molar-refractivity contribution in [2.45, 2.75) is 44.0 Å². The van der Waals surface area contributed by atoms with Crippen molar-refractivity contribution < 1.29 is 23.9 Å². The highest BCUT2D eigenvalue weighted by Crippen LogP contribution is 2.29. The molecule has 0 spiro atoms. The monoisotopic (exact) mass is 484 g/mol. The number of aliphatic imine (C=N–C) groups is 1. The van der Waals surface area contributed by atoms with Crippen LogP contribution >= 0.6 is 12.6 Å². The van der Waals surface area contributed by atoms with Gasteiger partial charge in [0.2, 0.25) is 0 Å². The predicted octanol–water partition coefficient (Wildman–Crippen LogP) is 3.71. The smallest absolute Gasteiger partial charge is 0.417 e. The van der Waals surface area contributed by atoms with Gasteiger partial charge >= 0.3 is 12.1 Å². The summed E-state index contributed by atoms with van der Waals surface area (Å²) in [5.74, 6) is -0.455. The number of amides is 2.